The van der Waals surface area contributed by atoms with Gasteiger partial charge < -0.3 is 10.6 Å². The molecule has 0 bridgehead atoms. The van der Waals surface area contributed by atoms with Crippen LogP contribution in [0.25, 0.3) is 5.65 Å². The first kappa shape index (κ1) is 23.4. The van der Waals surface area contributed by atoms with Crippen LogP contribution in [0.15, 0.2) is 55.4 Å². The van der Waals surface area contributed by atoms with Gasteiger partial charge in [0.25, 0.3) is 0 Å². The second-order valence-corrected chi connectivity index (χ2v) is 7.23. The van der Waals surface area contributed by atoms with Crippen LogP contribution in [0.2, 0.25) is 0 Å². The second-order valence-electron chi connectivity index (χ2n) is 6.40. The fourth-order valence-electron chi connectivity index (χ4n) is 3.00. The highest BCUT2D eigenvalue weighted by atomic mass is 32.2. The Kier molecular flexibility index (Phi) is 9.82. The van der Waals surface area contributed by atoms with Gasteiger partial charge in [-0.05, 0) is 51.3 Å². The Labute approximate surface area is 181 Å². The number of rotatable bonds is 5. The van der Waals surface area contributed by atoms with E-state index in [2.05, 4.69) is 39.0 Å². The molecule has 0 saturated carbocycles. The highest BCUT2D eigenvalue weighted by Crippen LogP contribution is 2.28. The molecule has 1 amide bonds. The van der Waals surface area contributed by atoms with E-state index < -0.39 is 0 Å². The number of nitrogens with zero attached hydrogens (tertiary/aromatic N) is 5. The van der Waals surface area contributed by atoms with Gasteiger partial charge in [-0.3, -0.25) is 4.79 Å². The molecular weight excluding hydrogens is 398 g/mol. The van der Waals surface area contributed by atoms with Crippen LogP contribution in [-0.2, 0) is 4.79 Å². The van der Waals surface area contributed by atoms with Crippen molar-refractivity contribution in [1.82, 2.24) is 29.1 Å². The Morgan fingerprint density at radius 2 is 2.10 bits per heavy atom. The second kappa shape index (κ2) is 12.6. The van der Waals surface area contributed by atoms with Gasteiger partial charge in [-0.25, -0.2) is 9.50 Å². The maximum Gasteiger partial charge on any atom is 0.212 e. The molecule has 3 aromatic rings. The molecule has 8 nitrogen and oxygen atoms in total. The van der Waals surface area contributed by atoms with Crippen LogP contribution >= 0.6 is 11.9 Å². The van der Waals surface area contributed by atoms with Crippen molar-refractivity contribution in [2.24, 2.45) is 0 Å². The van der Waals surface area contributed by atoms with Crippen molar-refractivity contribution in [1.29, 1.82) is 0 Å². The fraction of sp³-hybridized carbons (Fsp3) is 0.333. The summed E-state index contributed by atoms with van der Waals surface area (Å²) in [6.07, 6.45) is 10.3. The standard InChI is InChI=1S/C12H18N4OS.C7H7N3.C2H4/c1-2-7-18-16-12(14-9-17)8-11(15-16)10-3-5-13-6-4-10;1-6-5-9-10-4-2-3-8-7(6)10;1-2/h2,7-10,13H,3-6H2,1H3,(H,14,17);2-5H,1H3;1-2H2/b7-2-;;. The van der Waals surface area contributed by atoms with Crippen LogP contribution < -0.4 is 10.6 Å². The van der Waals surface area contributed by atoms with E-state index in [0.717, 1.165) is 48.7 Å². The van der Waals surface area contributed by atoms with Gasteiger partial charge in [0.05, 0.1) is 11.9 Å². The lowest BCUT2D eigenvalue weighted by molar-refractivity contribution is -0.105. The maximum absolute atomic E-state index is 10.6. The smallest absolute Gasteiger partial charge is 0.212 e. The lowest BCUT2D eigenvalue weighted by Crippen LogP contribution is -2.26. The van der Waals surface area contributed by atoms with Crippen molar-refractivity contribution in [2.75, 3.05) is 18.4 Å². The van der Waals surface area contributed by atoms with Gasteiger partial charge in [0.2, 0.25) is 6.41 Å². The molecule has 0 unspecified atom stereocenters. The van der Waals surface area contributed by atoms with Crippen LogP contribution in [-0.4, -0.2) is 43.3 Å². The Bertz CT molecular complexity index is 944. The molecule has 9 heteroatoms. The van der Waals surface area contributed by atoms with Crippen LogP contribution in [0.4, 0.5) is 5.82 Å². The first-order valence-electron chi connectivity index (χ1n) is 9.77. The van der Waals surface area contributed by atoms with Gasteiger partial charge in [-0.15, -0.1) is 13.2 Å². The summed E-state index contributed by atoms with van der Waals surface area (Å²) >= 11 is 1.46. The molecule has 30 heavy (non-hydrogen) atoms. The average molecular weight is 428 g/mol. The van der Waals surface area contributed by atoms with E-state index in [9.17, 15) is 4.79 Å². The Morgan fingerprint density at radius 3 is 2.77 bits per heavy atom. The highest BCUT2D eigenvalue weighted by Gasteiger charge is 2.19. The Morgan fingerprint density at radius 1 is 1.33 bits per heavy atom. The number of hydrogen-bond donors (Lipinski definition) is 2. The molecule has 4 heterocycles. The summed E-state index contributed by atoms with van der Waals surface area (Å²) < 4.78 is 3.51. The van der Waals surface area contributed by atoms with Crippen molar-refractivity contribution < 1.29 is 4.79 Å². The number of piperidine rings is 1. The van der Waals surface area contributed by atoms with Crippen molar-refractivity contribution in [3.05, 3.63) is 66.6 Å². The highest BCUT2D eigenvalue weighted by molar-refractivity contribution is 8.00. The van der Waals surface area contributed by atoms with Crippen molar-refractivity contribution in [3.63, 3.8) is 0 Å². The molecule has 0 aliphatic carbocycles. The summed E-state index contributed by atoms with van der Waals surface area (Å²) in [7, 11) is 0. The number of carbonyl (C=O) groups is 1. The molecule has 0 atom stereocenters. The van der Waals surface area contributed by atoms with E-state index >= 15 is 0 Å². The minimum atomic E-state index is 0.492. The summed E-state index contributed by atoms with van der Waals surface area (Å²) in [6, 6.07) is 3.83. The maximum atomic E-state index is 10.6. The zero-order valence-corrected chi connectivity index (χ0v) is 18.3. The summed E-state index contributed by atoms with van der Waals surface area (Å²) in [6.45, 7) is 12.0. The molecule has 0 radical (unpaired) electrons. The van der Waals surface area contributed by atoms with Gasteiger partial charge in [0.15, 0.2) is 5.65 Å². The molecule has 2 N–H and O–H groups in total. The lowest BCUT2D eigenvalue weighted by Gasteiger charge is -2.20. The number of amides is 1. The lowest BCUT2D eigenvalue weighted by atomic mass is 9.95. The number of carbonyl (C=O) groups excluding carboxylic acids is 1. The number of allylic oxidation sites excluding steroid dienone is 1. The molecule has 4 rings (SSSR count). The molecule has 3 aromatic heterocycles. The number of hydrogen-bond acceptors (Lipinski definition) is 6. The predicted octanol–water partition coefficient (Wildman–Crippen LogP) is 3.79. The first-order valence-corrected chi connectivity index (χ1v) is 10.6. The number of aryl methyl sites for hydroxylation is 1. The third kappa shape index (κ3) is 6.30. The molecule has 1 aliphatic rings. The van der Waals surface area contributed by atoms with E-state index in [-0.39, 0.29) is 0 Å². The molecule has 0 aromatic carbocycles. The van der Waals surface area contributed by atoms with Crippen molar-refractivity contribution >= 4 is 29.8 Å². The summed E-state index contributed by atoms with van der Waals surface area (Å²) in [5, 5.41) is 16.6. The third-order valence-electron chi connectivity index (χ3n) is 4.41. The third-order valence-corrected chi connectivity index (χ3v) is 5.29. The van der Waals surface area contributed by atoms with Gasteiger partial charge >= 0.3 is 0 Å². The van der Waals surface area contributed by atoms with Crippen LogP contribution in [0, 0.1) is 6.92 Å². The Hall–Kier alpha value is -2.91. The van der Waals surface area contributed by atoms with Crippen LogP contribution in [0.5, 0.6) is 0 Å². The van der Waals surface area contributed by atoms with Gasteiger partial charge in [0.1, 0.15) is 5.82 Å². The largest absolute Gasteiger partial charge is 0.317 e. The van der Waals surface area contributed by atoms with E-state index in [1.54, 1.807) is 14.8 Å². The van der Waals surface area contributed by atoms with Gasteiger partial charge in [0, 0.05) is 41.9 Å². The number of nitrogens with one attached hydrogen (secondary N) is 2. The van der Waals surface area contributed by atoms with E-state index in [0.29, 0.717) is 12.3 Å². The van der Waals surface area contributed by atoms with E-state index in [1.807, 2.05) is 49.9 Å². The zero-order valence-electron chi connectivity index (χ0n) is 17.5. The van der Waals surface area contributed by atoms with E-state index in [1.165, 1.54) is 11.9 Å². The summed E-state index contributed by atoms with van der Waals surface area (Å²) in [5.41, 5.74) is 3.11. The molecule has 1 aliphatic heterocycles. The molecule has 0 spiro atoms. The molecule has 160 valence electrons. The summed E-state index contributed by atoms with van der Waals surface area (Å²) in [5.74, 6) is 1.23. The SMILES string of the molecule is C/C=C\Sn1nc(C2CCNCC2)cc1NC=O.C=C.Cc1cnn2cccnc12. The summed E-state index contributed by atoms with van der Waals surface area (Å²) in [4.78, 5) is 14.7. The minimum Gasteiger partial charge on any atom is -0.317 e. The topological polar surface area (TPSA) is 89.1 Å². The van der Waals surface area contributed by atoms with Crippen molar-refractivity contribution in [2.45, 2.75) is 32.6 Å². The van der Waals surface area contributed by atoms with Gasteiger partial charge in [-0.1, -0.05) is 6.08 Å². The van der Waals surface area contributed by atoms with Crippen LogP contribution in [0.3, 0.4) is 0 Å². The Balaban J connectivity index is 0.000000224. The minimum absolute atomic E-state index is 0.492. The fourth-order valence-corrected chi connectivity index (χ4v) is 3.60. The number of anilines is 1. The van der Waals surface area contributed by atoms with Crippen LogP contribution in [0.1, 0.15) is 36.9 Å². The normalized spacial score (nSPS) is 13.9. The molecule has 1 fully saturated rings. The predicted molar refractivity (Wildman–Crippen MR) is 124 cm³/mol. The molecular formula is C21H29N7OS. The van der Waals surface area contributed by atoms with Crippen molar-refractivity contribution in [3.8, 4) is 0 Å². The zero-order chi connectivity index (χ0) is 21.8. The molecule has 1 saturated heterocycles. The number of aromatic nitrogens is 5. The van der Waals surface area contributed by atoms with Gasteiger partial charge in [-0.2, -0.15) is 14.3 Å². The monoisotopic (exact) mass is 427 g/mol. The first-order chi connectivity index (χ1) is 14.7. The average Bonchev–Trinajstić information content (AvgIpc) is 3.39. The quantitative estimate of drug-likeness (QED) is 0.476. The number of fused-ring (bicyclic) bond motifs is 1. The van der Waals surface area contributed by atoms with E-state index in [4.69, 9.17) is 0 Å².